The van der Waals surface area contributed by atoms with E-state index in [1.807, 2.05) is 4.68 Å². The maximum absolute atomic E-state index is 9.25. The number of hydrogen-bond acceptors (Lipinski definition) is 4. The van der Waals surface area contributed by atoms with Gasteiger partial charge in [-0.1, -0.05) is 0 Å². The van der Waals surface area contributed by atoms with Crippen LogP contribution in [0.1, 0.15) is 37.0 Å². The van der Waals surface area contributed by atoms with Crippen molar-refractivity contribution in [3.8, 4) is 0 Å². The Morgan fingerprint density at radius 2 is 2.44 bits per heavy atom. The lowest BCUT2D eigenvalue weighted by molar-refractivity contribution is 0.192. The largest absolute Gasteiger partial charge is 0.394 e. The normalized spacial score (nSPS) is 19.8. The van der Waals surface area contributed by atoms with Crippen molar-refractivity contribution in [1.29, 1.82) is 0 Å². The fourth-order valence-corrected chi connectivity index (χ4v) is 2.13. The van der Waals surface area contributed by atoms with Crippen LogP contribution in [0.3, 0.4) is 0 Å². The standard InChI is InChI=1S/C11H19N3O2/c1-16-7-3-5-10-12-11-6-2-4-9(8-15)14(11)13-10/h9,15H,2-8H2,1H3. The number of nitrogens with zero attached hydrogens (tertiary/aromatic N) is 3. The maximum Gasteiger partial charge on any atom is 0.151 e. The molecule has 0 aliphatic carbocycles. The topological polar surface area (TPSA) is 60.2 Å². The van der Waals surface area contributed by atoms with Crippen LogP contribution in [0.2, 0.25) is 0 Å². The van der Waals surface area contributed by atoms with Gasteiger partial charge in [0.25, 0.3) is 0 Å². The summed E-state index contributed by atoms with van der Waals surface area (Å²) >= 11 is 0. The van der Waals surface area contributed by atoms with E-state index >= 15 is 0 Å². The number of ether oxygens (including phenoxy) is 1. The van der Waals surface area contributed by atoms with Crippen molar-refractivity contribution in [1.82, 2.24) is 14.8 Å². The minimum Gasteiger partial charge on any atom is -0.394 e. The third-order valence-electron chi connectivity index (χ3n) is 2.99. The van der Waals surface area contributed by atoms with E-state index in [-0.39, 0.29) is 12.6 Å². The lowest BCUT2D eigenvalue weighted by Crippen LogP contribution is -2.22. The van der Waals surface area contributed by atoms with Gasteiger partial charge in [-0.3, -0.25) is 0 Å². The number of fused-ring (bicyclic) bond motifs is 1. The van der Waals surface area contributed by atoms with Crippen molar-refractivity contribution >= 4 is 0 Å². The number of aromatic nitrogens is 3. The molecule has 2 heterocycles. The molecule has 0 bridgehead atoms. The average molecular weight is 225 g/mol. The molecule has 1 unspecified atom stereocenters. The molecule has 0 amide bonds. The van der Waals surface area contributed by atoms with Crippen LogP contribution in [0, 0.1) is 0 Å². The van der Waals surface area contributed by atoms with Crippen LogP contribution in [0.5, 0.6) is 0 Å². The molecule has 1 aliphatic rings. The predicted molar refractivity (Wildman–Crippen MR) is 59.3 cm³/mol. The Bertz CT molecular complexity index is 338. The average Bonchev–Trinajstić information content (AvgIpc) is 2.71. The Balaban J connectivity index is 2.03. The molecular formula is C11H19N3O2. The van der Waals surface area contributed by atoms with Gasteiger partial charge in [-0.15, -0.1) is 0 Å². The highest BCUT2D eigenvalue weighted by atomic mass is 16.5. The Morgan fingerprint density at radius 1 is 1.56 bits per heavy atom. The number of aliphatic hydroxyl groups excluding tert-OH is 1. The number of hydrogen-bond donors (Lipinski definition) is 1. The van der Waals surface area contributed by atoms with E-state index in [9.17, 15) is 5.11 Å². The molecule has 5 nitrogen and oxygen atoms in total. The minimum atomic E-state index is 0.132. The highest BCUT2D eigenvalue weighted by molar-refractivity contribution is 4.98. The zero-order valence-electron chi connectivity index (χ0n) is 9.72. The summed E-state index contributed by atoms with van der Waals surface area (Å²) < 4.78 is 6.91. The molecule has 0 saturated carbocycles. The molecule has 16 heavy (non-hydrogen) atoms. The van der Waals surface area contributed by atoms with Crippen LogP contribution in [-0.2, 0) is 17.6 Å². The predicted octanol–water partition coefficient (Wildman–Crippen LogP) is 0.727. The summed E-state index contributed by atoms with van der Waals surface area (Å²) in [4.78, 5) is 4.51. The van der Waals surface area contributed by atoms with Gasteiger partial charge < -0.3 is 9.84 Å². The molecule has 90 valence electrons. The molecular weight excluding hydrogens is 206 g/mol. The Morgan fingerprint density at radius 3 is 3.19 bits per heavy atom. The first kappa shape index (κ1) is 11.5. The molecule has 0 spiro atoms. The van der Waals surface area contributed by atoms with Gasteiger partial charge in [0.2, 0.25) is 0 Å². The quantitative estimate of drug-likeness (QED) is 0.750. The maximum atomic E-state index is 9.25. The summed E-state index contributed by atoms with van der Waals surface area (Å²) in [6.45, 7) is 0.904. The monoisotopic (exact) mass is 225 g/mol. The number of rotatable bonds is 5. The molecule has 1 aromatic rings. The van der Waals surface area contributed by atoms with Gasteiger partial charge in [0, 0.05) is 26.6 Å². The minimum absolute atomic E-state index is 0.132. The second-order valence-electron chi connectivity index (χ2n) is 4.21. The first-order valence-electron chi connectivity index (χ1n) is 5.89. The highest BCUT2D eigenvalue weighted by Crippen LogP contribution is 2.22. The molecule has 0 radical (unpaired) electrons. The highest BCUT2D eigenvalue weighted by Gasteiger charge is 2.22. The summed E-state index contributed by atoms with van der Waals surface area (Å²) in [5, 5.41) is 13.7. The summed E-state index contributed by atoms with van der Waals surface area (Å²) in [6.07, 6.45) is 4.88. The van der Waals surface area contributed by atoms with Crippen molar-refractivity contribution in [2.75, 3.05) is 20.3 Å². The van der Waals surface area contributed by atoms with E-state index in [1.54, 1.807) is 7.11 Å². The van der Waals surface area contributed by atoms with Gasteiger partial charge in [0.05, 0.1) is 12.6 Å². The summed E-state index contributed by atoms with van der Waals surface area (Å²) in [7, 11) is 1.70. The van der Waals surface area contributed by atoms with Crippen LogP contribution in [0.25, 0.3) is 0 Å². The van der Waals surface area contributed by atoms with E-state index in [2.05, 4.69) is 10.1 Å². The van der Waals surface area contributed by atoms with Crippen LogP contribution in [-0.4, -0.2) is 40.2 Å². The van der Waals surface area contributed by atoms with E-state index < -0.39 is 0 Å². The van der Waals surface area contributed by atoms with Crippen LogP contribution >= 0.6 is 0 Å². The lowest BCUT2D eigenvalue weighted by Gasteiger charge is -2.20. The fourth-order valence-electron chi connectivity index (χ4n) is 2.13. The Labute approximate surface area is 95.4 Å². The van der Waals surface area contributed by atoms with Gasteiger partial charge in [-0.2, -0.15) is 5.10 Å². The van der Waals surface area contributed by atoms with Crippen LogP contribution in [0.15, 0.2) is 0 Å². The summed E-state index contributed by atoms with van der Waals surface area (Å²) in [6, 6.07) is 0.132. The van der Waals surface area contributed by atoms with Gasteiger partial charge in [-0.25, -0.2) is 9.67 Å². The molecule has 2 rings (SSSR count). The van der Waals surface area contributed by atoms with Crippen LogP contribution in [0.4, 0.5) is 0 Å². The number of methoxy groups -OCH3 is 1. The van der Waals surface area contributed by atoms with E-state index in [0.29, 0.717) is 0 Å². The van der Waals surface area contributed by atoms with E-state index in [4.69, 9.17) is 4.74 Å². The third kappa shape index (κ3) is 2.41. The lowest BCUT2D eigenvalue weighted by atomic mass is 10.1. The molecule has 0 fully saturated rings. The van der Waals surface area contributed by atoms with Crippen molar-refractivity contribution in [2.24, 2.45) is 0 Å². The summed E-state index contributed by atoms with van der Waals surface area (Å²) in [5.41, 5.74) is 0. The van der Waals surface area contributed by atoms with Gasteiger partial charge in [0.15, 0.2) is 5.82 Å². The number of aliphatic hydroxyl groups is 1. The van der Waals surface area contributed by atoms with E-state index in [1.165, 1.54) is 0 Å². The summed E-state index contributed by atoms with van der Waals surface area (Å²) in [5.74, 6) is 1.91. The van der Waals surface area contributed by atoms with Gasteiger partial charge in [0.1, 0.15) is 5.82 Å². The second kappa shape index (κ2) is 5.41. The molecule has 1 atom stereocenters. The molecule has 5 heteroatoms. The van der Waals surface area contributed by atoms with E-state index in [0.717, 1.165) is 50.4 Å². The van der Waals surface area contributed by atoms with Crippen molar-refractivity contribution in [2.45, 2.75) is 38.1 Å². The third-order valence-corrected chi connectivity index (χ3v) is 2.99. The molecule has 1 N–H and O–H groups in total. The smallest absolute Gasteiger partial charge is 0.151 e. The van der Waals surface area contributed by atoms with Crippen molar-refractivity contribution in [3.05, 3.63) is 11.6 Å². The first-order valence-corrected chi connectivity index (χ1v) is 5.89. The van der Waals surface area contributed by atoms with Gasteiger partial charge in [-0.05, 0) is 19.3 Å². The Hall–Kier alpha value is -0.940. The molecule has 0 aromatic carbocycles. The zero-order chi connectivity index (χ0) is 11.4. The van der Waals surface area contributed by atoms with Crippen molar-refractivity contribution < 1.29 is 9.84 Å². The Kier molecular flexibility index (Phi) is 3.90. The molecule has 0 saturated heterocycles. The van der Waals surface area contributed by atoms with Crippen LogP contribution < -0.4 is 0 Å². The van der Waals surface area contributed by atoms with Gasteiger partial charge >= 0.3 is 0 Å². The molecule has 1 aliphatic heterocycles. The first-order chi connectivity index (χ1) is 7.85. The second-order valence-corrected chi connectivity index (χ2v) is 4.21. The van der Waals surface area contributed by atoms with Crippen molar-refractivity contribution in [3.63, 3.8) is 0 Å². The number of aryl methyl sites for hydroxylation is 2. The zero-order valence-corrected chi connectivity index (χ0v) is 9.72. The SMILES string of the molecule is COCCCc1nc2n(n1)C(CO)CCC2. The fraction of sp³-hybridized carbons (Fsp3) is 0.818. The molecule has 1 aromatic heterocycles.